The van der Waals surface area contributed by atoms with Crippen LogP contribution in [0.4, 0.5) is 5.69 Å². The second-order valence-electron chi connectivity index (χ2n) is 5.40. The van der Waals surface area contributed by atoms with E-state index in [1.807, 2.05) is 42.3 Å². The van der Waals surface area contributed by atoms with E-state index in [0.29, 0.717) is 0 Å². The van der Waals surface area contributed by atoms with Crippen molar-refractivity contribution in [3.05, 3.63) is 40.9 Å². The van der Waals surface area contributed by atoms with Gasteiger partial charge in [0.15, 0.2) is 4.34 Å². The molecule has 3 nitrogen and oxygen atoms in total. The van der Waals surface area contributed by atoms with Crippen LogP contribution in [0.2, 0.25) is 0 Å². The van der Waals surface area contributed by atoms with E-state index in [1.165, 1.54) is 5.56 Å². The van der Waals surface area contributed by atoms with Gasteiger partial charge in [0.1, 0.15) is 0 Å². The van der Waals surface area contributed by atoms with Crippen molar-refractivity contribution in [2.75, 3.05) is 4.90 Å². The largest absolute Gasteiger partial charge is 0.308 e. The number of thiazole rings is 1. The summed E-state index contributed by atoms with van der Waals surface area (Å²) in [4.78, 5) is 19.2. The molecule has 21 heavy (non-hydrogen) atoms. The quantitative estimate of drug-likeness (QED) is 0.805. The van der Waals surface area contributed by atoms with E-state index < -0.39 is 0 Å². The Morgan fingerprint density at radius 1 is 1.48 bits per heavy atom. The van der Waals surface area contributed by atoms with Crippen LogP contribution in [0.25, 0.3) is 0 Å². The zero-order chi connectivity index (χ0) is 15.0. The highest BCUT2D eigenvalue weighted by molar-refractivity contribution is 8.02. The minimum atomic E-state index is -0.121. The third-order valence-electron chi connectivity index (χ3n) is 3.67. The number of hydrogen-bond acceptors (Lipinski definition) is 4. The first kappa shape index (κ1) is 14.6. The molecule has 5 heteroatoms. The number of rotatable bonds is 3. The second kappa shape index (κ2) is 5.81. The molecule has 110 valence electrons. The molecule has 1 amide bonds. The Labute approximate surface area is 133 Å². The Balaban J connectivity index is 1.78. The summed E-state index contributed by atoms with van der Waals surface area (Å²) in [5.74, 6) is 0.172. The van der Waals surface area contributed by atoms with Gasteiger partial charge in [-0.25, -0.2) is 4.98 Å². The Bertz CT molecular complexity index is 668. The number of anilines is 1. The van der Waals surface area contributed by atoms with Gasteiger partial charge >= 0.3 is 0 Å². The number of carbonyl (C=O) groups excluding carboxylic acids is 1. The maximum Gasteiger partial charge on any atom is 0.240 e. The fraction of sp³-hybridized carbons (Fsp3) is 0.375. The summed E-state index contributed by atoms with van der Waals surface area (Å²) >= 11 is 3.16. The lowest BCUT2D eigenvalue weighted by molar-refractivity contribution is -0.118. The first-order valence-electron chi connectivity index (χ1n) is 7.06. The summed E-state index contributed by atoms with van der Waals surface area (Å²) in [5.41, 5.74) is 3.35. The maximum atomic E-state index is 12.8. The van der Waals surface area contributed by atoms with Crippen molar-refractivity contribution in [2.45, 2.75) is 42.8 Å². The Morgan fingerprint density at radius 3 is 2.95 bits per heavy atom. The summed E-state index contributed by atoms with van der Waals surface area (Å²) in [6.07, 6.45) is 0.940. The molecule has 2 aromatic rings. The molecular weight excluding hydrogens is 300 g/mol. The molecule has 0 bridgehead atoms. The lowest BCUT2D eigenvalue weighted by Gasteiger charge is -2.25. The first-order valence-corrected chi connectivity index (χ1v) is 8.82. The van der Waals surface area contributed by atoms with Gasteiger partial charge in [-0.05, 0) is 38.8 Å². The SMILES string of the molecule is Cc1csc(S[C@H](C)C(=O)N2c3ccccc3C[C@H]2C)n1. The zero-order valence-electron chi connectivity index (χ0n) is 12.4. The minimum absolute atomic E-state index is 0.121. The number of para-hydroxylation sites is 1. The predicted octanol–water partition coefficient (Wildman–Crippen LogP) is 3.91. The van der Waals surface area contributed by atoms with Crippen LogP contribution in [0.5, 0.6) is 0 Å². The number of thioether (sulfide) groups is 1. The van der Waals surface area contributed by atoms with Crippen LogP contribution in [0.3, 0.4) is 0 Å². The van der Waals surface area contributed by atoms with E-state index in [2.05, 4.69) is 18.0 Å². The highest BCUT2D eigenvalue weighted by atomic mass is 32.2. The lowest BCUT2D eigenvalue weighted by Crippen LogP contribution is -2.40. The van der Waals surface area contributed by atoms with Crippen molar-refractivity contribution < 1.29 is 4.79 Å². The van der Waals surface area contributed by atoms with Crippen molar-refractivity contribution in [1.29, 1.82) is 0 Å². The number of aromatic nitrogens is 1. The van der Waals surface area contributed by atoms with E-state index in [-0.39, 0.29) is 17.2 Å². The Kier molecular flexibility index (Phi) is 4.04. The maximum absolute atomic E-state index is 12.8. The highest BCUT2D eigenvalue weighted by Crippen LogP contribution is 2.35. The fourth-order valence-electron chi connectivity index (χ4n) is 2.69. The molecule has 0 radical (unpaired) electrons. The van der Waals surface area contributed by atoms with E-state index in [9.17, 15) is 4.79 Å². The summed E-state index contributed by atoms with van der Waals surface area (Å²) in [5, 5.41) is 1.90. The van der Waals surface area contributed by atoms with Crippen molar-refractivity contribution in [2.24, 2.45) is 0 Å². The summed E-state index contributed by atoms with van der Waals surface area (Å²) in [7, 11) is 0. The molecule has 0 N–H and O–H groups in total. The number of hydrogen-bond donors (Lipinski definition) is 0. The van der Waals surface area contributed by atoms with Gasteiger partial charge in [0.25, 0.3) is 0 Å². The number of benzene rings is 1. The molecule has 1 aliphatic heterocycles. The van der Waals surface area contributed by atoms with Gasteiger partial charge in [-0.2, -0.15) is 0 Å². The summed E-state index contributed by atoms with van der Waals surface area (Å²) in [6, 6.07) is 8.42. The Hall–Kier alpha value is -1.33. The number of aryl methyl sites for hydroxylation is 1. The molecular formula is C16H18N2OS2. The number of nitrogens with zero attached hydrogens (tertiary/aromatic N) is 2. The van der Waals surface area contributed by atoms with Gasteiger partial charge in [-0.3, -0.25) is 4.79 Å². The van der Waals surface area contributed by atoms with Gasteiger partial charge in [0, 0.05) is 22.8 Å². The number of amides is 1. The van der Waals surface area contributed by atoms with Gasteiger partial charge in [0.05, 0.1) is 5.25 Å². The fourth-order valence-corrected chi connectivity index (χ4v) is 4.72. The van der Waals surface area contributed by atoms with Gasteiger partial charge < -0.3 is 4.90 Å². The van der Waals surface area contributed by atoms with Crippen molar-refractivity contribution in [3.63, 3.8) is 0 Å². The lowest BCUT2D eigenvalue weighted by atomic mass is 10.1. The molecule has 2 heterocycles. The molecule has 1 aromatic heterocycles. The second-order valence-corrected chi connectivity index (χ2v) is 7.85. The highest BCUT2D eigenvalue weighted by Gasteiger charge is 2.33. The molecule has 3 rings (SSSR count). The number of fused-ring (bicyclic) bond motifs is 1. The van der Waals surface area contributed by atoms with Gasteiger partial charge in [-0.1, -0.05) is 30.0 Å². The predicted molar refractivity (Wildman–Crippen MR) is 89.3 cm³/mol. The average Bonchev–Trinajstić information content (AvgIpc) is 3.00. The molecule has 1 aliphatic rings. The normalized spacial score (nSPS) is 18.6. The zero-order valence-corrected chi connectivity index (χ0v) is 14.0. The smallest absolute Gasteiger partial charge is 0.240 e. The van der Waals surface area contributed by atoms with Crippen LogP contribution in [0.1, 0.15) is 25.1 Å². The molecule has 0 saturated heterocycles. The van der Waals surface area contributed by atoms with E-state index in [1.54, 1.807) is 23.1 Å². The van der Waals surface area contributed by atoms with Gasteiger partial charge in [-0.15, -0.1) is 11.3 Å². The standard InChI is InChI=1S/C16H18N2OS2/c1-10-9-20-16(17-10)21-12(3)15(19)18-11(2)8-13-6-4-5-7-14(13)18/h4-7,9,11-12H,8H2,1-3H3/t11-,12-/m1/s1. The third-order valence-corrected chi connectivity index (χ3v) is 5.85. The topological polar surface area (TPSA) is 33.2 Å². The first-order chi connectivity index (χ1) is 10.1. The van der Waals surface area contributed by atoms with Crippen molar-refractivity contribution in [3.8, 4) is 0 Å². The van der Waals surface area contributed by atoms with E-state index in [4.69, 9.17) is 0 Å². The average molecular weight is 318 g/mol. The van der Waals surface area contributed by atoms with E-state index in [0.717, 1.165) is 22.1 Å². The molecule has 0 spiro atoms. The van der Waals surface area contributed by atoms with Crippen LogP contribution in [-0.2, 0) is 11.2 Å². The van der Waals surface area contributed by atoms with Crippen molar-refractivity contribution >= 4 is 34.7 Å². The molecule has 0 fully saturated rings. The molecule has 1 aromatic carbocycles. The van der Waals surface area contributed by atoms with Crippen LogP contribution >= 0.6 is 23.1 Å². The van der Waals surface area contributed by atoms with Crippen molar-refractivity contribution in [1.82, 2.24) is 4.98 Å². The summed E-state index contributed by atoms with van der Waals surface area (Å²) in [6.45, 7) is 6.06. The monoisotopic (exact) mass is 318 g/mol. The van der Waals surface area contributed by atoms with Crippen LogP contribution in [0.15, 0.2) is 34.0 Å². The minimum Gasteiger partial charge on any atom is -0.308 e. The third kappa shape index (κ3) is 2.85. The van der Waals surface area contributed by atoms with E-state index >= 15 is 0 Å². The molecule has 0 unspecified atom stereocenters. The van der Waals surface area contributed by atoms with Crippen LogP contribution in [0, 0.1) is 6.92 Å². The number of carbonyl (C=O) groups is 1. The molecule has 0 saturated carbocycles. The van der Waals surface area contributed by atoms with Gasteiger partial charge in [0.2, 0.25) is 5.91 Å². The van der Waals surface area contributed by atoms with Crippen LogP contribution < -0.4 is 4.90 Å². The Morgan fingerprint density at radius 2 is 2.24 bits per heavy atom. The van der Waals surface area contributed by atoms with Crippen LogP contribution in [-0.4, -0.2) is 22.2 Å². The molecule has 0 aliphatic carbocycles. The molecule has 2 atom stereocenters. The summed E-state index contributed by atoms with van der Waals surface area (Å²) < 4.78 is 0.966.